The van der Waals surface area contributed by atoms with Gasteiger partial charge in [0, 0.05) is 18.8 Å². The van der Waals surface area contributed by atoms with Gasteiger partial charge in [-0.15, -0.1) is 0 Å². The predicted octanol–water partition coefficient (Wildman–Crippen LogP) is 3.24. The van der Waals surface area contributed by atoms with Gasteiger partial charge in [0.15, 0.2) is 9.84 Å². The molecule has 0 saturated carbocycles. The first-order chi connectivity index (χ1) is 15.3. The van der Waals surface area contributed by atoms with Crippen molar-refractivity contribution >= 4 is 31.5 Å². The van der Waals surface area contributed by atoms with E-state index in [1.54, 1.807) is 12.1 Å². The minimum Gasteiger partial charge on any atom is -0.325 e. The van der Waals surface area contributed by atoms with Crippen LogP contribution in [0, 0.1) is 0 Å². The average Bonchev–Trinajstić information content (AvgIpc) is 3.04. The molecule has 174 valence electrons. The Morgan fingerprint density at radius 2 is 1.56 bits per heavy atom. The Morgan fingerprint density at radius 3 is 2.25 bits per heavy atom. The number of anilines is 1. The zero-order valence-electron chi connectivity index (χ0n) is 18.1. The largest absolute Gasteiger partial charge is 0.325 e. The van der Waals surface area contributed by atoms with Crippen LogP contribution in [0.25, 0.3) is 0 Å². The van der Waals surface area contributed by atoms with E-state index in [0.29, 0.717) is 25.9 Å². The van der Waals surface area contributed by atoms with Crippen LogP contribution in [0.1, 0.15) is 37.7 Å². The number of aryl methyl sites for hydroxylation is 1. The number of nitrogens with one attached hydrogen (secondary N) is 1. The van der Waals surface area contributed by atoms with E-state index in [0.717, 1.165) is 31.2 Å². The van der Waals surface area contributed by atoms with E-state index in [9.17, 15) is 21.6 Å². The topological polar surface area (TPSA) is 101 Å². The number of hydrogen-bond acceptors (Lipinski definition) is 5. The molecule has 0 radical (unpaired) electrons. The van der Waals surface area contributed by atoms with Gasteiger partial charge < -0.3 is 5.32 Å². The number of rotatable bonds is 9. The molecule has 1 aliphatic heterocycles. The maximum atomic E-state index is 13.0. The average molecular weight is 479 g/mol. The molecule has 32 heavy (non-hydrogen) atoms. The minimum atomic E-state index is -3.65. The molecule has 0 aromatic heterocycles. The van der Waals surface area contributed by atoms with Gasteiger partial charge in [0.2, 0.25) is 15.9 Å². The molecular formula is C23H30N2O5S2. The van der Waals surface area contributed by atoms with Crippen molar-refractivity contribution in [3.05, 3.63) is 60.2 Å². The van der Waals surface area contributed by atoms with Crippen molar-refractivity contribution in [2.45, 2.75) is 43.4 Å². The normalized spacial score (nSPS) is 15.8. The second-order valence-corrected chi connectivity index (χ2v) is 12.2. The third-order valence-electron chi connectivity index (χ3n) is 5.44. The summed E-state index contributed by atoms with van der Waals surface area (Å²) in [5.74, 6) is -1.39. The molecule has 2 aromatic rings. The maximum absolute atomic E-state index is 13.0. The highest BCUT2D eigenvalue weighted by Gasteiger charge is 2.25. The fourth-order valence-electron chi connectivity index (χ4n) is 3.78. The standard InChI is InChI=1S/C23H30N2O5S2/c26-23(19-31(27,28)17-9-12-20-10-4-3-5-11-20)24-21-13-8-14-22(18-21)32(29,30)25-15-6-1-2-7-16-25/h3-5,8,10-11,13-14,18H,1-2,6-7,9,12,15-17,19H2,(H,24,26). The number of nitrogens with zero attached hydrogens (tertiary/aromatic N) is 1. The fraction of sp³-hybridized carbons (Fsp3) is 0.435. The van der Waals surface area contributed by atoms with Crippen LogP contribution in [0.5, 0.6) is 0 Å². The predicted molar refractivity (Wildman–Crippen MR) is 126 cm³/mol. The van der Waals surface area contributed by atoms with E-state index in [2.05, 4.69) is 5.32 Å². The molecule has 3 rings (SSSR count). The van der Waals surface area contributed by atoms with Gasteiger partial charge in [-0.2, -0.15) is 4.31 Å². The molecule has 1 N–H and O–H groups in total. The molecule has 0 spiro atoms. The van der Waals surface area contributed by atoms with Crippen molar-refractivity contribution in [3.8, 4) is 0 Å². The van der Waals surface area contributed by atoms with Crippen LogP contribution in [0.2, 0.25) is 0 Å². The van der Waals surface area contributed by atoms with E-state index in [-0.39, 0.29) is 16.3 Å². The minimum absolute atomic E-state index is 0.0846. The number of carbonyl (C=O) groups is 1. The number of carbonyl (C=O) groups excluding carboxylic acids is 1. The van der Waals surface area contributed by atoms with Crippen LogP contribution in [-0.2, 0) is 31.1 Å². The summed E-state index contributed by atoms with van der Waals surface area (Å²) >= 11 is 0. The molecule has 0 bridgehead atoms. The lowest BCUT2D eigenvalue weighted by molar-refractivity contribution is -0.113. The Morgan fingerprint density at radius 1 is 0.875 bits per heavy atom. The monoisotopic (exact) mass is 478 g/mol. The molecule has 0 aliphatic carbocycles. The molecule has 1 saturated heterocycles. The molecule has 1 amide bonds. The van der Waals surface area contributed by atoms with E-state index in [1.807, 2.05) is 30.3 Å². The Kier molecular flexibility index (Phi) is 8.44. The van der Waals surface area contributed by atoms with Crippen molar-refractivity contribution in [3.63, 3.8) is 0 Å². The van der Waals surface area contributed by atoms with Crippen molar-refractivity contribution in [1.29, 1.82) is 0 Å². The third-order valence-corrected chi connectivity index (χ3v) is 8.94. The zero-order chi connectivity index (χ0) is 23.0. The Hall–Kier alpha value is -2.23. The molecule has 0 atom stereocenters. The van der Waals surface area contributed by atoms with E-state index < -0.39 is 31.5 Å². The molecule has 1 fully saturated rings. The number of sulfonamides is 1. The highest BCUT2D eigenvalue weighted by molar-refractivity contribution is 7.92. The van der Waals surface area contributed by atoms with Gasteiger partial charge in [-0.05, 0) is 49.4 Å². The van der Waals surface area contributed by atoms with Gasteiger partial charge in [-0.3, -0.25) is 4.79 Å². The summed E-state index contributed by atoms with van der Waals surface area (Å²) in [5.41, 5.74) is 1.32. The smallest absolute Gasteiger partial charge is 0.243 e. The van der Waals surface area contributed by atoms with Crippen molar-refractivity contribution < 1.29 is 21.6 Å². The molecule has 1 heterocycles. The third kappa shape index (κ3) is 7.15. The highest BCUT2D eigenvalue weighted by Crippen LogP contribution is 2.22. The molecule has 1 aliphatic rings. The summed E-state index contributed by atoms with van der Waals surface area (Å²) in [4.78, 5) is 12.4. The number of sulfone groups is 1. The molecule has 9 heteroatoms. The van der Waals surface area contributed by atoms with Crippen LogP contribution < -0.4 is 5.32 Å². The van der Waals surface area contributed by atoms with Crippen molar-refractivity contribution in [2.75, 3.05) is 29.9 Å². The van der Waals surface area contributed by atoms with Gasteiger partial charge in [0.1, 0.15) is 5.75 Å². The van der Waals surface area contributed by atoms with Crippen LogP contribution in [0.4, 0.5) is 5.69 Å². The van der Waals surface area contributed by atoms with Crippen molar-refractivity contribution in [2.24, 2.45) is 0 Å². The van der Waals surface area contributed by atoms with Crippen LogP contribution in [0.15, 0.2) is 59.5 Å². The van der Waals surface area contributed by atoms with Gasteiger partial charge in [-0.1, -0.05) is 49.2 Å². The highest BCUT2D eigenvalue weighted by atomic mass is 32.2. The lowest BCUT2D eigenvalue weighted by Gasteiger charge is -2.20. The Bertz CT molecular complexity index is 1110. The summed E-state index contributed by atoms with van der Waals surface area (Å²) in [6.45, 7) is 0.973. The second-order valence-electron chi connectivity index (χ2n) is 8.08. The summed E-state index contributed by atoms with van der Waals surface area (Å²) < 4.78 is 52.0. The lowest BCUT2D eigenvalue weighted by Crippen LogP contribution is -2.32. The summed E-state index contributed by atoms with van der Waals surface area (Å²) in [6, 6.07) is 15.6. The van der Waals surface area contributed by atoms with E-state index in [1.165, 1.54) is 16.4 Å². The summed E-state index contributed by atoms with van der Waals surface area (Å²) in [6.07, 6.45) is 4.75. The maximum Gasteiger partial charge on any atom is 0.243 e. The quantitative estimate of drug-likeness (QED) is 0.596. The van der Waals surface area contributed by atoms with E-state index >= 15 is 0 Å². The van der Waals surface area contributed by atoms with Crippen LogP contribution in [0.3, 0.4) is 0 Å². The van der Waals surface area contributed by atoms with Crippen LogP contribution in [-0.4, -0.2) is 51.6 Å². The SMILES string of the molecule is O=C(CS(=O)(=O)CCCc1ccccc1)Nc1cccc(S(=O)(=O)N2CCCCCC2)c1. The van der Waals surface area contributed by atoms with Gasteiger partial charge in [-0.25, -0.2) is 16.8 Å². The first-order valence-electron chi connectivity index (χ1n) is 10.9. The molecule has 0 unspecified atom stereocenters. The number of benzene rings is 2. The molecule has 7 nitrogen and oxygen atoms in total. The second kappa shape index (κ2) is 11.1. The molecule has 2 aromatic carbocycles. The number of hydrogen-bond donors (Lipinski definition) is 1. The molecular weight excluding hydrogens is 448 g/mol. The lowest BCUT2D eigenvalue weighted by atomic mass is 10.1. The van der Waals surface area contributed by atoms with Gasteiger partial charge >= 0.3 is 0 Å². The zero-order valence-corrected chi connectivity index (χ0v) is 19.7. The van der Waals surface area contributed by atoms with Gasteiger partial charge in [0.25, 0.3) is 0 Å². The Balaban J connectivity index is 1.57. The first kappa shape index (κ1) is 24.4. The van der Waals surface area contributed by atoms with Crippen molar-refractivity contribution in [1.82, 2.24) is 4.31 Å². The van der Waals surface area contributed by atoms with Crippen LogP contribution >= 0.6 is 0 Å². The Labute approximate surface area is 190 Å². The fourth-order valence-corrected chi connectivity index (χ4v) is 6.54. The first-order valence-corrected chi connectivity index (χ1v) is 14.2. The number of amides is 1. The van der Waals surface area contributed by atoms with E-state index in [4.69, 9.17) is 0 Å². The summed E-state index contributed by atoms with van der Waals surface area (Å²) in [5, 5.41) is 2.53. The van der Waals surface area contributed by atoms with Gasteiger partial charge in [0.05, 0.1) is 10.6 Å². The summed E-state index contributed by atoms with van der Waals surface area (Å²) in [7, 11) is -7.22.